The molecule has 6 nitrogen and oxygen atoms in total. The number of pyridine rings is 1. The SMILES string of the molecule is O=C(CN1CCOC1=O)NCc1ccccn1. The molecule has 2 heterocycles. The first-order valence-electron chi connectivity index (χ1n) is 5.34. The minimum absolute atomic E-state index is 0.0334. The summed E-state index contributed by atoms with van der Waals surface area (Å²) in [7, 11) is 0. The molecule has 1 fully saturated rings. The fraction of sp³-hybridized carbons (Fsp3) is 0.364. The molecule has 6 heteroatoms. The lowest BCUT2D eigenvalue weighted by Crippen LogP contribution is -2.37. The monoisotopic (exact) mass is 235 g/mol. The van der Waals surface area contributed by atoms with Gasteiger partial charge in [0.15, 0.2) is 0 Å². The molecule has 0 saturated carbocycles. The van der Waals surface area contributed by atoms with Gasteiger partial charge in [0.2, 0.25) is 5.91 Å². The van der Waals surface area contributed by atoms with Gasteiger partial charge in [-0.3, -0.25) is 14.7 Å². The Bertz CT molecular complexity index is 408. The van der Waals surface area contributed by atoms with Crippen molar-refractivity contribution in [3.8, 4) is 0 Å². The van der Waals surface area contributed by atoms with Gasteiger partial charge < -0.3 is 10.1 Å². The molecule has 1 aromatic rings. The van der Waals surface area contributed by atoms with Gasteiger partial charge in [-0.25, -0.2) is 4.79 Å². The predicted molar refractivity (Wildman–Crippen MR) is 59.0 cm³/mol. The zero-order valence-electron chi connectivity index (χ0n) is 9.26. The number of nitrogens with one attached hydrogen (secondary N) is 1. The molecule has 0 atom stereocenters. The lowest BCUT2D eigenvalue weighted by atomic mass is 10.3. The van der Waals surface area contributed by atoms with Crippen molar-refractivity contribution in [3.63, 3.8) is 0 Å². The third-order valence-electron chi connectivity index (χ3n) is 2.37. The zero-order chi connectivity index (χ0) is 12.1. The maximum atomic E-state index is 11.5. The summed E-state index contributed by atoms with van der Waals surface area (Å²) < 4.78 is 4.72. The van der Waals surface area contributed by atoms with Crippen LogP contribution in [0.3, 0.4) is 0 Å². The van der Waals surface area contributed by atoms with Crippen molar-refractivity contribution in [3.05, 3.63) is 30.1 Å². The summed E-state index contributed by atoms with van der Waals surface area (Å²) in [5.41, 5.74) is 0.782. The Morgan fingerprint density at radius 2 is 2.41 bits per heavy atom. The number of ether oxygens (including phenoxy) is 1. The number of rotatable bonds is 4. The fourth-order valence-corrected chi connectivity index (χ4v) is 1.49. The van der Waals surface area contributed by atoms with Gasteiger partial charge in [-0.2, -0.15) is 0 Å². The van der Waals surface area contributed by atoms with Crippen molar-refractivity contribution in [2.24, 2.45) is 0 Å². The van der Waals surface area contributed by atoms with Crippen LogP contribution in [0.5, 0.6) is 0 Å². The van der Waals surface area contributed by atoms with Crippen LogP contribution >= 0.6 is 0 Å². The number of nitrogens with zero attached hydrogens (tertiary/aromatic N) is 2. The highest BCUT2D eigenvalue weighted by Gasteiger charge is 2.23. The van der Waals surface area contributed by atoms with Gasteiger partial charge in [-0.1, -0.05) is 6.07 Å². The maximum absolute atomic E-state index is 11.5. The van der Waals surface area contributed by atoms with Crippen molar-refractivity contribution in [1.82, 2.24) is 15.2 Å². The molecule has 2 amide bonds. The van der Waals surface area contributed by atoms with Gasteiger partial charge in [-0.05, 0) is 12.1 Å². The number of hydrogen-bond acceptors (Lipinski definition) is 4. The van der Waals surface area contributed by atoms with Gasteiger partial charge in [0, 0.05) is 6.20 Å². The molecule has 0 aromatic carbocycles. The van der Waals surface area contributed by atoms with E-state index >= 15 is 0 Å². The quantitative estimate of drug-likeness (QED) is 0.806. The molecule has 0 bridgehead atoms. The first-order valence-corrected chi connectivity index (χ1v) is 5.34. The predicted octanol–water partition coefficient (Wildman–Crippen LogP) is 0.150. The fourth-order valence-electron chi connectivity index (χ4n) is 1.49. The van der Waals surface area contributed by atoms with E-state index in [9.17, 15) is 9.59 Å². The number of aromatic nitrogens is 1. The van der Waals surface area contributed by atoms with E-state index in [1.54, 1.807) is 6.20 Å². The Hall–Kier alpha value is -2.11. The Balaban J connectivity index is 1.76. The van der Waals surface area contributed by atoms with Gasteiger partial charge in [0.1, 0.15) is 13.2 Å². The molecule has 1 saturated heterocycles. The van der Waals surface area contributed by atoms with E-state index in [2.05, 4.69) is 10.3 Å². The normalized spacial score (nSPS) is 14.6. The smallest absolute Gasteiger partial charge is 0.410 e. The van der Waals surface area contributed by atoms with E-state index in [-0.39, 0.29) is 12.5 Å². The minimum atomic E-state index is -0.432. The third kappa shape index (κ3) is 3.17. The molecule has 17 heavy (non-hydrogen) atoms. The summed E-state index contributed by atoms with van der Waals surface area (Å²) in [5, 5.41) is 2.70. The molecule has 1 N–H and O–H groups in total. The Kier molecular flexibility index (Phi) is 3.54. The van der Waals surface area contributed by atoms with Crippen LogP contribution in [0.4, 0.5) is 4.79 Å². The molecule has 0 unspecified atom stereocenters. The van der Waals surface area contributed by atoms with Crippen LogP contribution in [0.1, 0.15) is 5.69 Å². The van der Waals surface area contributed by atoms with E-state index in [1.807, 2.05) is 18.2 Å². The van der Waals surface area contributed by atoms with Crippen LogP contribution < -0.4 is 5.32 Å². The van der Waals surface area contributed by atoms with E-state index in [4.69, 9.17) is 4.74 Å². The van der Waals surface area contributed by atoms with Crippen LogP contribution in [-0.2, 0) is 16.1 Å². The summed E-state index contributed by atoms with van der Waals surface area (Å²) >= 11 is 0. The van der Waals surface area contributed by atoms with Gasteiger partial charge in [0.05, 0.1) is 18.8 Å². The lowest BCUT2D eigenvalue weighted by Gasteiger charge is -2.11. The molecule has 1 aromatic heterocycles. The highest BCUT2D eigenvalue weighted by Crippen LogP contribution is 2.02. The largest absolute Gasteiger partial charge is 0.448 e. The van der Waals surface area contributed by atoms with E-state index in [0.717, 1.165) is 5.69 Å². The summed E-state index contributed by atoms with van der Waals surface area (Å²) in [6.07, 6.45) is 1.23. The Labute approximate surface area is 98.6 Å². The molecule has 0 radical (unpaired) electrons. The Morgan fingerprint density at radius 3 is 3.06 bits per heavy atom. The standard InChI is InChI=1S/C11H13N3O3/c15-10(8-14-5-6-17-11(14)16)13-7-9-3-1-2-4-12-9/h1-4H,5-8H2,(H,13,15). The number of amides is 2. The molecule has 1 aliphatic heterocycles. The first-order chi connectivity index (χ1) is 8.25. The molecule has 2 rings (SSSR count). The topological polar surface area (TPSA) is 71.5 Å². The highest BCUT2D eigenvalue weighted by molar-refractivity contribution is 5.82. The van der Waals surface area contributed by atoms with Crippen LogP contribution in [0, 0.1) is 0 Å². The summed E-state index contributed by atoms with van der Waals surface area (Å²) in [5.74, 6) is -0.213. The van der Waals surface area contributed by atoms with E-state index in [1.165, 1.54) is 4.90 Å². The van der Waals surface area contributed by atoms with Crippen molar-refractivity contribution < 1.29 is 14.3 Å². The van der Waals surface area contributed by atoms with Crippen molar-refractivity contribution in [2.75, 3.05) is 19.7 Å². The molecule has 1 aliphatic rings. The van der Waals surface area contributed by atoms with Gasteiger partial charge in [-0.15, -0.1) is 0 Å². The lowest BCUT2D eigenvalue weighted by molar-refractivity contribution is -0.121. The summed E-state index contributed by atoms with van der Waals surface area (Å²) in [6, 6.07) is 5.49. The molecule has 90 valence electrons. The Morgan fingerprint density at radius 1 is 1.53 bits per heavy atom. The average Bonchev–Trinajstić information content (AvgIpc) is 2.74. The molecule has 0 spiro atoms. The first kappa shape index (κ1) is 11.4. The zero-order valence-corrected chi connectivity index (χ0v) is 9.26. The number of carbonyl (C=O) groups is 2. The van der Waals surface area contributed by atoms with E-state index < -0.39 is 6.09 Å². The second-order valence-corrected chi connectivity index (χ2v) is 3.63. The van der Waals surface area contributed by atoms with Crippen molar-refractivity contribution >= 4 is 12.0 Å². The third-order valence-corrected chi connectivity index (χ3v) is 2.37. The number of carbonyl (C=O) groups excluding carboxylic acids is 2. The number of hydrogen-bond donors (Lipinski definition) is 1. The van der Waals surface area contributed by atoms with Crippen molar-refractivity contribution in [2.45, 2.75) is 6.54 Å². The van der Waals surface area contributed by atoms with Crippen LogP contribution in [0.2, 0.25) is 0 Å². The summed E-state index contributed by atoms with van der Waals surface area (Å²) in [6.45, 7) is 1.22. The number of cyclic esters (lactones) is 1. The second-order valence-electron chi connectivity index (χ2n) is 3.63. The average molecular weight is 235 g/mol. The van der Waals surface area contributed by atoms with E-state index in [0.29, 0.717) is 19.7 Å². The van der Waals surface area contributed by atoms with Crippen LogP contribution in [0.15, 0.2) is 24.4 Å². The van der Waals surface area contributed by atoms with Crippen LogP contribution in [-0.4, -0.2) is 41.6 Å². The van der Waals surface area contributed by atoms with Crippen molar-refractivity contribution in [1.29, 1.82) is 0 Å². The van der Waals surface area contributed by atoms with Gasteiger partial charge in [0.25, 0.3) is 0 Å². The maximum Gasteiger partial charge on any atom is 0.410 e. The highest BCUT2D eigenvalue weighted by atomic mass is 16.6. The van der Waals surface area contributed by atoms with Gasteiger partial charge >= 0.3 is 6.09 Å². The van der Waals surface area contributed by atoms with Crippen LogP contribution in [0.25, 0.3) is 0 Å². The minimum Gasteiger partial charge on any atom is -0.448 e. The molecule has 0 aliphatic carbocycles. The molecular weight excluding hydrogens is 222 g/mol. The summed E-state index contributed by atoms with van der Waals surface area (Å²) in [4.78, 5) is 28.1. The second kappa shape index (κ2) is 5.29. The molecular formula is C11H13N3O3.